The lowest BCUT2D eigenvalue weighted by Crippen LogP contribution is -2.18. The zero-order chi connectivity index (χ0) is 13.8. The molecule has 0 radical (unpaired) electrons. The van der Waals surface area contributed by atoms with E-state index in [1.54, 1.807) is 19.4 Å². The van der Waals surface area contributed by atoms with Gasteiger partial charge in [0.25, 0.3) is 0 Å². The predicted octanol–water partition coefficient (Wildman–Crippen LogP) is 3.55. The number of methoxy groups -OCH3 is 1. The molecule has 0 bridgehead atoms. The van der Waals surface area contributed by atoms with Crippen LogP contribution in [0.2, 0.25) is 0 Å². The minimum atomic E-state index is -0.0874. The van der Waals surface area contributed by atoms with Crippen LogP contribution in [0.3, 0.4) is 0 Å². The first-order valence-electron chi connectivity index (χ1n) is 6.14. The lowest BCUT2D eigenvalue weighted by atomic mass is 10.1. The molecule has 1 heterocycles. The molecular weight excluding hydrogens is 242 g/mol. The highest BCUT2D eigenvalue weighted by molar-refractivity contribution is 5.96. The Labute approximate surface area is 112 Å². The van der Waals surface area contributed by atoms with Crippen molar-refractivity contribution in [2.75, 3.05) is 12.4 Å². The van der Waals surface area contributed by atoms with E-state index in [2.05, 4.69) is 5.32 Å². The molecule has 0 saturated carbocycles. The quantitative estimate of drug-likeness (QED) is 0.913. The van der Waals surface area contributed by atoms with Gasteiger partial charge in [-0.25, -0.2) is 0 Å². The zero-order valence-electron chi connectivity index (χ0n) is 11.3. The van der Waals surface area contributed by atoms with E-state index in [4.69, 9.17) is 9.15 Å². The molecule has 1 aromatic heterocycles. The number of rotatable bonds is 4. The monoisotopic (exact) mass is 259 g/mol. The van der Waals surface area contributed by atoms with Crippen molar-refractivity contribution >= 4 is 11.6 Å². The van der Waals surface area contributed by atoms with Crippen LogP contribution in [-0.4, -0.2) is 13.0 Å². The van der Waals surface area contributed by atoms with Crippen molar-refractivity contribution in [3.8, 4) is 17.1 Å². The van der Waals surface area contributed by atoms with Gasteiger partial charge >= 0.3 is 0 Å². The summed E-state index contributed by atoms with van der Waals surface area (Å²) in [7, 11) is 1.59. The summed E-state index contributed by atoms with van der Waals surface area (Å²) in [6.45, 7) is 3.70. The number of hydrogen-bond acceptors (Lipinski definition) is 3. The van der Waals surface area contributed by atoms with Gasteiger partial charge in [0, 0.05) is 17.5 Å². The number of anilines is 1. The summed E-state index contributed by atoms with van der Waals surface area (Å²) < 4.78 is 10.6. The highest BCUT2D eigenvalue weighted by Gasteiger charge is 2.13. The van der Waals surface area contributed by atoms with Crippen molar-refractivity contribution in [3.05, 3.63) is 36.6 Å². The smallest absolute Gasteiger partial charge is 0.226 e. The molecule has 0 spiro atoms. The largest absolute Gasteiger partial charge is 0.497 e. The number of benzene rings is 1. The van der Waals surface area contributed by atoms with Crippen LogP contribution in [0.15, 0.2) is 41.0 Å². The highest BCUT2D eigenvalue weighted by atomic mass is 16.5. The van der Waals surface area contributed by atoms with Crippen LogP contribution in [0.5, 0.6) is 5.75 Å². The molecule has 19 heavy (non-hydrogen) atoms. The van der Waals surface area contributed by atoms with Gasteiger partial charge in [0.15, 0.2) is 0 Å². The van der Waals surface area contributed by atoms with Crippen molar-refractivity contribution in [3.63, 3.8) is 0 Å². The lowest BCUT2D eigenvalue weighted by molar-refractivity contribution is -0.118. The number of carbonyl (C=O) groups excluding carboxylic acids is 1. The molecule has 4 nitrogen and oxygen atoms in total. The van der Waals surface area contributed by atoms with Crippen LogP contribution in [0.1, 0.15) is 13.8 Å². The topological polar surface area (TPSA) is 51.5 Å². The Morgan fingerprint density at radius 1 is 1.32 bits per heavy atom. The van der Waals surface area contributed by atoms with E-state index in [1.807, 2.05) is 38.1 Å². The molecule has 1 N–H and O–H groups in total. The standard InChI is InChI=1S/C15H17NO3/c1-10(2)15(17)16-13-9-11(18-3)6-7-12(13)14-5-4-8-19-14/h4-10H,1-3H3,(H,16,17). The molecule has 0 aliphatic heterocycles. The van der Waals surface area contributed by atoms with Crippen molar-refractivity contribution in [1.82, 2.24) is 0 Å². The summed E-state index contributed by atoms with van der Waals surface area (Å²) >= 11 is 0. The first-order chi connectivity index (χ1) is 9.11. The molecule has 0 atom stereocenters. The van der Waals surface area contributed by atoms with Gasteiger partial charge in [-0.1, -0.05) is 13.8 Å². The Balaban J connectivity index is 2.40. The maximum Gasteiger partial charge on any atom is 0.226 e. The molecule has 0 aliphatic carbocycles. The Morgan fingerprint density at radius 2 is 2.11 bits per heavy atom. The molecule has 2 rings (SSSR count). The summed E-state index contributed by atoms with van der Waals surface area (Å²) in [5.41, 5.74) is 1.52. The molecule has 4 heteroatoms. The van der Waals surface area contributed by atoms with E-state index in [0.29, 0.717) is 17.2 Å². The molecule has 100 valence electrons. The second kappa shape index (κ2) is 5.61. The summed E-state index contributed by atoms with van der Waals surface area (Å²) in [5.74, 6) is 1.27. The van der Waals surface area contributed by atoms with Crippen molar-refractivity contribution in [1.29, 1.82) is 0 Å². The fraction of sp³-hybridized carbons (Fsp3) is 0.267. The second-order valence-corrected chi connectivity index (χ2v) is 4.53. The highest BCUT2D eigenvalue weighted by Crippen LogP contribution is 2.32. The third-order valence-electron chi connectivity index (χ3n) is 2.80. The molecular formula is C15H17NO3. The van der Waals surface area contributed by atoms with Crippen molar-refractivity contribution < 1.29 is 13.9 Å². The van der Waals surface area contributed by atoms with E-state index in [-0.39, 0.29) is 11.8 Å². The maximum absolute atomic E-state index is 11.9. The average Bonchev–Trinajstić information content (AvgIpc) is 2.92. The Hall–Kier alpha value is -2.23. The van der Waals surface area contributed by atoms with Crippen molar-refractivity contribution in [2.45, 2.75) is 13.8 Å². The van der Waals surface area contributed by atoms with E-state index < -0.39 is 0 Å². The molecule has 2 aromatic rings. The number of hydrogen-bond donors (Lipinski definition) is 1. The third kappa shape index (κ3) is 2.96. The third-order valence-corrected chi connectivity index (χ3v) is 2.80. The van der Waals surface area contributed by atoms with Crippen molar-refractivity contribution in [2.24, 2.45) is 5.92 Å². The van der Waals surface area contributed by atoms with Crippen LogP contribution < -0.4 is 10.1 Å². The molecule has 1 aromatic carbocycles. The van der Waals surface area contributed by atoms with Crippen LogP contribution in [0.25, 0.3) is 11.3 Å². The van der Waals surface area contributed by atoms with E-state index in [0.717, 1.165) is 5.56 Å². The SMILES string of the molecule is COc1ccc(-c2ccco2)c(NC(=O)C(C)C)c1. The minimum Gasteiger partial charge on any atom is -0.497 e. The second-order valence-electron chi connectivity index (χ2n) is 4.53. The first-order valence-corrected chi connectivity index (χ1v) is 6.14. The van der Waals surface area contributed by atoms with Crippen LogP contribution >= 0.6 is 0 Å². The molecule has 0 saturated heterocycles. The van der Waals surface area contributed by atoms with Gasteiger partial charge < -0.3 is 14.5 Å². The number of carbonyl (C=O) groups is 1. The minimum absolute atomic E-state index is 0.0407. The van der Waals surface area contributed by atoms with E-state index >= 15 is 0 Å². The Morgan fingerprint density at radius 3 is 2.68 bits per heavy atom. The van der Waals surface area contributed by atoms with Crippen LogP contribution in [-0.2, 0) is 4.79 Å². The van der Waals surface area contributed by atoms with Crippen LogP contribution in [0.4, 0.5) is 5.69 Å². The van der Waals surface area contributed by atoms with Gasteiger partial charge in [0.2, 0.25) is 5.91 Å². The average molecular weight is 259 g/mol. The first kappa shape index (κ1) is 13.2. The Bertz CT molecular complexity index is 559. The van der Waals surface area contributed by atoms with Gasteiger partial charge in [-0.3, -0.25) is 4.79 Å². The molecule has 0 unspecified atom stereocenters. The predicted molar refractivity (Wildman–Crippen MR) is 74.2 cm³/mol. The van der Waals surface area contributed by atoms with Gasteiger partial charge in [-0.05, 0) is 24.3 Å². The molecule has 0 aliphatic rings. The normalized spacial score (nSPS) is 10.5. The zero-order valence-corrected chi connectivity index (χ0v) is 11.3. The van der Waals surface area contributed by atoms with Gasteiger partial charge in [-0.2, -0.15) is 0 Å². The summed E-state index contributed by atoms with van der Waals surface area (Å²) in [5, 5.41) is 2.89. The van der Waals surface area contributed by atoms with Gasteiger partial charge in [0.05, 0.1) is 19.1 Å². The van der Waals surface area contributed by atoms with Gasteiger partial charge in [-0.15, -0.1) is 0 Å². The maximum atomic E-state index is 11.9. The van der Waals surface area contributed by atoms with E-state index in [1.165, 1.54) is 0 Å². The van der Waals surface area contributed by atoms with Gasteiger partial charge in [0.1, 0.15) is 11.5 Å². The fourth-order valence-corrected chi connectivity index (χ4v) is 1.68. The summed E-state index contributed by atoms with van der Waals surface area (Å²) in [6.07, 6.45) is 1.60. The lowest BCUT2D eigenvalue weighted by Gasteiger charge is -2.12. The number of furan rings is 1. The number of amides is 1. The number of nitrogens with one attached hydrogen (secondary N) is 1. The fourth-order valence-electron chi connectivity index (χ4n) is 1.68. The summed E-state index contributed by atoms with van der Waals surface area (Å²) in [6, 6.07) is 9.16. The molecule has 0 fully saturated rings. The Kier molecular flexibility index (Phi) is 3.90. The van der Waals surface area contributed by atoms with Crippen LogP contribution in [0, 0.1) is 5.92 Å². The van der Waals surface area contributed by atoms with E-state index in [9.17, 15) is 4.79 Å². The molecule has 1 amide bonds. The number of ether oxygens (including phenoxy) is 1. The summed E-state index contributed by atoms with van der Waals surface area (Å²) in [4.78, 5) is 11.9.